The van der Waals surface area contributed by atoms with Crippen molar-refractivity contribution in [3.8, 4) is 12.3 Å². The van der Waals surface area contributed by atoms with Crippen LogP contribution in [0, 0.1) is 12.3 Å². The van der Waals surface area contributed by atoms with Gasteiger partial charge in [-0.3, -0.25) is 24.0 Å². The van der Waals surface area contributed by atoms with Gasteiger partial charge in [0.15, 0.2) is 24.6 Å². The Labute approximate surface area is 240 Å². The zero-order valence-corrected chi connectivity index (χ0v) is 25.0. The van der Waals surface area contributed by atoms with E-state index in [9.17, 15) is 24.0 Å². The van der Waals surface area contributed by atoms with Gasteiger partial charge in [0, 0.05) is 25.7 Å². The zero-order chi connectivity index (χ0) is 30.2. The minimum Gasteiger partial charge on any atom is -0.454 e. The van der Waals surface area contributed by atoms with Crippen LogP contribution in [0.25, 0.3) is 0 Å². The molecule has 1 unspecified atom stereocenters. The van der Waals surface area contributed by atoms with E-state index in [0.717, 1.165) is 51.4 Å². The van der Waals surface area contributed by atoms with Gasteiger partial charge in [0.25, 0.3) is 0 Å². The van der Waals surface area contributed by atoms with Crippen molar-refractivity contribution in [2.24, 2.45) is 0 Å². The second-order valence-electron chi connectivity index (χ2n) is 9.91. The first kappa shape index (κ1) is 37.1. The second-order valence-corrected chi connectivity index (χ2v) is 9.91. The van der Waals surface area contributed by atoms with Crippen LogP contribution in [0.5, 0.6) is 0 Å². The van der Waals surface area contributed by atoms with Crippen LogP contribution in [-0.2, 0) is 42.9 Å². The highest BCUT2D eigenvalue weighted by molar-refractivity contribution is 5.75. The van der Waals surface area contributed by atoms with Gasteiger partial charge in [-0.1, -0.05) is 85.0 Å². The molecule has 9 heteroatoms. The van der Waals surface area contributed by atoms with Crippen molar-refractivity contribution < 1.29 is 42.9 Å². The number of aldehydes is 1. The van der Waals surface area contributed by atoms with Crippen LogP contribution in [0.3, 0.4) is 0 Å². The average molecular weight is 567 g/mol. The molecule has 0 aromatic heterocycles. The number of terminal acetylenes is 1. The number of carbonyl (C=O) groups is 5. The summed E-state index contributed by atoms with van der Waals surface area (Å²) in [5.41, 5.74) is 0. The molecule has 0 aliphatic rings. The van der Waals surface area contributed by atoms with E-state index >= 15 is 0 Å². The molecule has 0 saturated heterocycles. The Morgan fingerprint density at radius 3 is 1.27 bits per heavy atom. The Balaban J connectivity index is 6.20. The summed E-state index contributed by atoms with van der Waals surface area (Å²) in [4.78, 5) is 62.8. The molecule has 9 nitrogen and oxygen atoms in total. The van der Waals surface area contributed by atoms with Crippen molar-refractivity contribution in [1.82, 2.24) is 0 Å². The predicted molar refractivity (Wildman–Crippen MR) is 151 cm³/mol. The van der Waals surface area contributed by atoms with Gasteiger partial charge < -0.3 is 18.9 Å². The van der Waals surface area contributed by atoms with Gasteiger partial charge in [-0.05, 0) is 25.7 Å². The van der Waals surface area contributed by atoms with Crippen molar-refractivity contribution in [3.63, 3.8) is 0 Å². The lowest BCUT2D eigenvalue weighted by Gasteiger charge is -2.32. The normalized spacial score (nSPS) is 13.7. The molecule has 4 atom stereocenters. The summed E-state index contributed by atoms with van der Waals surface area (Å²) >= 11 is 0. The summed E-state index contributed by atoms with van der Waals surface area (Å²) in [5, 5.41) is 0. The van der Waals surface area contributed by atoms with Crippen molar-refractivity contribution >= 4 is 30.2 Å². The van der Waals surface area contributed by atoms with Gasteiger partial charge in [0.2, 0.25) is 6.10 Å². The van der Waals surface area contributed by atoms with Gasteiger partial charge in [-0.2, -0.15) is 0 Å². The number of ether oxygens (including phenoxy) is 4. The van der Waals surface area contributed by atoms with Crippen molar-refractivity contribution in [1.29, 1.82) is 0 Å². The maximum absolute atomic E-state index is 12.8. The van der Waals surface area contributed by atoms with Crippen molar-refractivity contribution in [2.45, 2.75) is 155 Å². The molecule has 0 spiro atoms. The lowest BCUT2D eigenvalue weighted by Crippen LogP contribution is -2.52. The molecule has 40 heavy (non-hydrogen) atoms. The lowest BCUT2D eigenvalue weighted by molar-refractivity contribution is -0.195. The van der Waals surface area contributed by atoms with E-state index < -0.39 is 48.3 Å². The van der Waals surface area contributed by atoms with Gasteiger partial charge in [0.05, 0.1) is 0 Å². The van der Waals surface area contributed by atoms with Crippen LogP contribution in [-0.4, -0.2) is 54.6 Å². The second kappa shape index (κ2) is 24.0. The van der Waals surface area contributed by atoms with Crippen LogP contribution < -0.4 is 0 Å². The Bertz CT molecular complexity index is 786. The molecular formula is C31H50O9. The van der Waals surface area contributed by atoms with Gasteiger partial charge in [-0.25, -0.2) is 0 Å². The number of hydrogen-bond acceptors (Lipinski definition) is 9. The SMILES string of the molecule is C#CC(OC(=O)CCCCC)[C@@H](OC(=O)CCCCC)[C@@H](OC(=O)CCCCC)[C@@H](C=O)OC(=O)CCCCC. The fraction of sp³-hybridized carbons (Fsp3) is 0.774. The first-order chi connectivity index (χ1) is 19.3. The fourth-order valence-corrected chi connectivity index (χ4v) is 3.90. The van der Waals surface area contributed by atoms with Crippen LogP contribution >= 0.6 is 0 Å². The van der Waals surface area contributed by atoms with Crippen LogP contribution in [0.4, 0.5) is 0 Å². The number of hydrogen-bond donors (Lipinski definition) is 0. The minimum absolute atomic E-state index is 0.0368. The number of rotatable bonds is 24. The Hall–Kier alpha value is -2.89. The minimum atomic E-state index is -1.62. The van der Waals surface area contributed by atoms with E-state index in [-0.39, 0.29) is 25.7 Å². The molecule has 0 amide bonds. The molecule has 0 heterocycles. The molecule has 0 aliphatic carbocycles. The molecule has 0 N–H and O–H groups in total. The molecule has 0 aromatic rings. The third-order valence-electron chi connectivity index (χ3n) is 6.24. The highest BCUT2D eigenvalue weighted by Crippen LogP contribution is 2.21. The standard InChI is InChI=1S/C31H50O9/c1-6-11-15-19-26(33)37-24(10-5)30(39-28(35)21-17-13-8-3)31(40-29(36)22-18-14-9-4)25(23-32)38-27(34)20-16-12-7-2/h5,23-25,30-31H,6-9,11-22H2,1-4H3/t24?,25-,30-,31+/m1/s1. The highest BCUT2D eigenvalue weighted by atomic mass is 16.6. The van der Waals surface area contributed by atoms with Gasteiger partial charge in [-0.15, -0.1) is 6.42 Å². The number of esters is 4. The van der Waals surface area contributed by atoms with Crippen molar-refractivity contribution in [2.75, 3.05) is 0 Å². The monoisotopic (exact) mass is 566 g/mol. The van der Waals surface area contributed by atoms with Gasteiger partial charge >= 0.3 is 23.9 Å². The maximum Gasteiger partial charge on any atom is 0.307 e. The topological polar surface area (TPSA) is 122 Å². The maximum atomic E-state index is 12.8. The largest absolute Gasteiger partial charge is 0.454 e. The smallest absolute Gasteiger partial charge is 0.307 e. The highest BCUT2D eigenvalue weighted by Gasteiger charge is 2.43. The zero-order valence-electron chi connectivity index (χ0n) is 25.0. The van der Waals surface area contributed by atoms with Crippen LogP contribution in [0.15, 0.2) is 0 Å². The molecule has 0 bridgehead atoms. The first-order valence-electron chi connectivity index (χ1n) is 15.0. The molecule has 0 saturated carbocycles. The average Bonchev–Trinajstić information content (AvgIpc) is 2.93. The molecule has 0 radical (unpaired) electrons. The van der Waals surface area contributed by atoms with E-state index in [1.807, 2.05) is 27.7 Å². The Morgan fingerprint density at radius 1 is 0.575 bits per heavy atom. The van der Waals surface area contributed by atoms with Gasteiger partial charge in [0.1, 0.15) is 0 Å². The molecule has 0 fully saturated rings. The number of unbranched alkanes of at least 4 members (excludes halogenated alkanes) is 8. The summed E-state index contributed by atoms with van der Waals surface area (Å²) in [7, 11) is 0. The molecule has 0 aliphatic heterocycles. The molecule has 0 rings (SSSR count). The first-order valence-corrected chi connectivity index (χ1v) is 15.0. The lowest BCUT2D eigenvalue weighted by atomic mass is 10.0. The Kier molecular flexibility index (Phi) is 22.2. The fourth-order valence-electron chi connectivity index (χ4n) is 3.90. The van der Waals surface area contributed by atoms with E-state index in [1.54, 1.807) is 0 Å². The predicted octanol–water partition coefficient (Wildman–Crippen LogP) is 5.79. The molecular weight excluding hydrogens is 516 g/mol. The molecule has 0 aromatic carbocycles. The molecule has 228 valence electrons. The summed E-state index contributed by atoms with van der Waals surface area (Å²) in [5.74, 6) is -0.311. The van der Waals surface area contributed by atoms with E-state index in [2.05, 4.69) is 5.92 Å². The summed E-state index contributed by atoms with van der Waals surface area (Å²) in [6.45, 7) is 7.94. The third kappa shape index (κ3) is 16.9. The summed E-state index contributed by atoms with van der Waals surface area (Å²) < 4.78 is 22.1. The quantitative estimate of drug-likeness (QED) is 0.0470. The Morgan fingerprint density at radius 2 is 0.925 bits per heavy atom. The van der Waals surface area contributed by atoms with Crippen molar-refractivity contribution in [3.05, 3.63) is 0 Å². The van der Waals surface area contributed by atoms with E-state index in [0.29, 0.717) is 32.0 Å². The summed E-state index contributed by atoms with van der Waals surface area (Å²) in [6.07, 6.45) is 8.92. The third-order valence-corrected chi connectivity index (χ3v) is 6.24. The van der Waals surface area contributed by atoms with E-state index in [1.165, 1.54) is 0 Å². The number of carbonyl (C=O) groups excluding carboxylic acids is 5. The van der Waals surface area contributed by atoms with E-state index in [4.69, 9.17) is 25.4 Å². The van der Waals surface area contributed by atoms with Crippen LogP contribution in [0.2, 0.25) is 0 Å². The van der Waals surface area contributed by atoms with Crippen LogP contribution in [0.1, 0.15) is 130 Å². The summed E-state index contributed by atoms with van der Waals surface area (Å²) in [6, 6.07) is 0.